The van der Waals surface area contributed by atoms with Gasteiger partial charge in [-0.15, -0.1) is 0 Å². The zero-order chi connectivity index (χ0) is 15.7. The second kappa shape index (κ2) is 9.39. The highest BCUT2D eigenvalue weighted by Gasteiger charge is 2.07. The van der Waals surface area contributed by atoms with Gasteiger partial charge in [0.15, 0.2) is 5.96 Å². The SMILES string of the molecule is CN=C(NCCC(=O)NC(C)C)NCC(C)c1ccsc1. The topological polar surface area (TPSA) is 65.5 Å². The van der Waals surface area contributed by atoms with Crippen LogP contribution in [0.2, 0.25) is 0 Å². The first-order chi connectivity index (χ1) is 10.0. The number of nitrogens with zero attached hydrogens (tertiary/aromatic N) is 1. The number of guanidine groups is 1. The van der Waals surface area contributed by atoms with Crippen LogP contribution < -0.4 is 16.0 Å². The third-order valence-corrected chi connectivity index (χ3v) is 3.71. The maximum absolute atomic E-state index is 11.5. The van der Waals surface area contributed by atoms with Crippen LogP contribution in [-0.2, 0) is 4.79 Å². The zero-order valence-corrected chi connectivity index (χ0v) is 14.1. The molecule has 0 aliphatic heterocycles. The van der Waals surface area contributed by atoms with E-state index in [-0.39, 0.29) is 11.9 Å². The highest BCUT2D eigenvalue weighted by Crippen LogP contribution is 2.16. The molecule has 3 N–H and O–H groups in total. The van der Waals surface area contributed by atoms with Crippen molar-refractivity contribution in [3.63, 3.8) is 0 Å². The van der Waals surface area contributed by atoms with Crippen molar-refractivity contribution in [3.8, 4) is 0 Å². The standard InChI is InChI=1S/C15H26N4OS/c1-11(2)19-14(20)5-7-17-15(16-4)18-9-12(3)13-6-8-21-10-13/h6,8,10-12H,5,7,9H2,1-4H3,(H,19,20)(H2,16,17,18). The van der Waals surface area contributed by atoms with Gasteiger partial charge in [0.1, 0.15) is 0 Å². The summed E-state index contributed by atoms with van der Waals surface area (Å²) in [4.78, 5) is 15.7. The molecule has 6 heteroatoms. The highest BCUT2D eigenvalue weighted by atomic mass is 32.1. The van der Waals surface area contributed by atoms with Crippen LogP contribution in [0.4, 0.5) is 0 Å². The number of hydrogen-bond donors (Lipinski definition) is 3. The molecule has 1 atom stereocenters. The van der Waals surface area contributed by atoms with Gasteiger partial charge in [-0.1, -0.05) is 6.92 Å². The van der Waals surface area contributed by atoms with Gasteiger partial charge in [0.05, 0.1) is 0 Å². The van der Waals surface area contributed by atoms with Gasteiger partial charge in [-0.05, 0) is 42.2 Å². The van der Waals surface area contributed by atoms with E-state index in [1.807, 2.05) is 13.8 Å². The van der Waals surface area contributed by atoms with Gasteiger partial charge in [0, 0.05) is 32.6 Å². The van der Waals surface area contributed by atoms with Gasteiger partial charge >= 0.3 is 0 Å². The molecule has 21 heavy (non-hydrogen) atoms. The van der Waals surface area contributed by atoms with Crippen molar-refractivity contribution >= 4 is 23.2 Å². The van der Waals surface area contributed by atoms with Crippen LogP contribution in [0.3, 0.4) is 0 Å². The Morgan fingerprint density at radius 3 is 2.67 bits per heavy atom. The first-order valence-corrected chi connectivity index (χ1v) is 8.23. The van der Waals surface area contributed by atoms with E-state index in [4.69, 9.17) is 0 Å². The molecule has 1 unspecified atom stereocenters. The summed E-state index contributed by atoms with van der Waals surface area (Å²) in [5, 5.41) is 13.6. The smallest absolute Gasteiger partial charge is 0.221 e. The van der Waals surface area contributed by atoms with Gasteiger partial charge < -0.3 is 16.0 Å². The van der Waals surface area contributed by atoms with E-state index in [2.05, 4.69) is 44.7 Å². The normalized spacial score (nSPS) is 13.1. The molecular formula is C15H26N4OS. The molecule has 0 aromatic carbocycles. The largest absolute Gasteiger partial charge is 0.356 e. The second-order valence-corrected chi connectivity index (χ2v) is 6.09. The number of hydrogen-bond acceptors (Lipinski definition) is 3. The Labute approximate surface area is 131 Å². The van der Waals surface area contributed by atoms with Crippen molar-refractivity contribution in [2.24, 2.45) is 4.99 Å². The maximum atomic E-state index is 11.5. The summed E-state index contributed by atoms with van der Waals surface area (Å²) in [6.45, 7) is 7.48. The number of rotatable bonds is 7. The van der Waals surface area contributed by atoms with Gasteiger partial charge in [-0.25, -0.2) is 0 Å². The van der Waals surface area contributed by atoms with E-state index < -0.39 is 0 Å². The molecule has 1 rings (SSSR count). The monoisotopic (exact) mass is 310 g/mol. The minimum atomic E-state index is 0.0552. The molecule has 1 aromatic rings. The number of amides is 1. The van der Waals surface area contributed by atoms with E-state index in [1.54, 1.807) is 18.4 Å². The molecule has 0 spiro atoms. The average molecular weight is 310 g/mol. The number of nitrogens with one attached hydrogen (secondary N) is 3. The minimum absolute atomic E-state index is 0.0552. The highest BCUT2D eigenvalue weighted by molar-refractivity contribution is 7.07. The fourth-order valence-electron chi connectivity index (χ4n) is 1.83. The summed E-state index contributed by atoms with van der Waals surface area (Å²) in [7, 11) is 1.73. The molecule has 0 fully saturated rings. The Hall–Kier alpha value is -1.56. The molecule has 5 nitrogen and oxygen atoms in total. The van der Waals surface area contributed by atoms with E-state index >= 15 is 0 Å². The summed E-state index contributed by atoms with van der Waals surface area (Å²) in [5.41, 5.74) is 1.33. The Balaban J connectivity index is 2.25. The molecule has 1 amide bonds. The minimum Gasteiger partial charge on any atom is -0.356 e. The lowest BCUT2D eigenvalue weighted by Gasteiger charge is -2.15. The first-order valence-electron chi connectivity index (χ1n) is 7.29. The lowest BCUT2D eigenvalue weighted by atomic mass is 10.1. The third-order valence-electron chi connectivity index (χ3n) is 3.01. The Morgan fingerprint density at radius 2 is 2.10 bits per heavy atom. The van der Waals surface area contributed by atoms with Crippen molar-refractivity contribution in [2.75, 3.05) is 20.1 Å². The van der Waals surface area contributed by atoms with Crippen molar-refractivity contribution < 1.29 is 4.79 Å². The van der Waals surface area contributed by atoms with Crippen LogP contribution in [0.1, 0.15) is 38.7 Å². The lowest BCUT2D eigenvalue weighted by Crippen LogP contribution is -2.41. The van der Waals surface area contributed by atoms with Crippen molar-refractivity contribution in [1.29, 1.82) is 0 Å². The number of carbonyl (C=O) groups is 1. The summed E-state index contributed by atoms with van der Waals surface area (Å²) >= 11 is 1.71. The van der Waals surface area contributed by atoms with Crippen LogP contribution in [0, 0.1) is 0 Å². The van der Waals surface area contributed by atoms with Crippen molar-refractivity contribution in [1.82, 2.24) is 16.0 Å². The first kappa shape index (κ1) is 17.5. The van der Waals surface area contributed by atoms with E-state index in [0.29, 0.717) is 18.9 Å². The Kier molecular flexibility index (Phi) is 7.82. The Bertz CT molecular complexity index is 443. The van der Waals surface area contributed by atoms with Gasteiger partial charge in [0.2, 0.25) is 5.91 Å². The maximum Gasteiger partial charge on any atom is 0.221 e. The van der Waals surface area contributed by atoms with Crippen molar-refractivity contribution in [2.45, 2.75) is 39.2 Å². The summed E-state index contributed by atoms with van der Waals surface area (Å²) in [6.07, 6.45) is 0.443. The molecule has 0 bridgehead atoms. The molecule has 0 saturated heterocycles. The lowest BCUT2D eigenvalue weighted by molar-refractivity contribution is -0.121. The van der Waals surface area contributed by atoms with Gasteiger partial charge in [-0.3, -0.25) is 9.79 Å². The fraction of sp³-hybridized carbons (Fsp3) is 0.600. The molecule has 0 aliphatic rings. The molecule has 0 radical (unpaired) electrons. The summed E-state index contributed by atoms with van der Waals surface area (Å²) in [6, 6.07) is 2.32. The number of carbonyl (C=O) groups excluding carboxylic acids is 1. The van der Waals surface area contributed by atoms with Crippen LogP contribution in [0.15, 0.2) is 21.8 Å². The van der Waals surface area contributed by atoms with Crippen LogP contribution in [-0.4, -0.2) is 38.0 Å². The van der Waals surface area contributed by atoms with Gasteiger partial charge in [-0.2, -0.15) is 11.3 Å². The van der Waals surface area contributed by atoms with Crippen LogP contribution in [0.5, 0.6) is 0 Å². The predicted octanol–water partition coefficient (Wildman–Crippen LogP) is 1.93. The molecule has 118 valence electrons. The summed E-state index contributed by atoms with van der Waals surface area (Å²) < 4.78 is 0. The van der Waals surface area contributed by atoms with Gasteiger partial charge in [0.25, 0.3) is 0 Å². The number of thiophene rings is 1. The third kappa shape index (κ3) is 7.13. The molecule has 1 aromatic heterocycles. The molecular weight excluding hydrogens is 284 g/mol. The molecule has 0 saturated carbocycles. The second-order valence-electron chi connectivity index (χ2n) is 5.31. The van der Waals surface area contributed by atoms with E-state index in [1.165, 1.54) is 5.56 Å². The Morgan fingerprint density at radius 1 is 1.33 bits per heavy atom. The predicted molar refractivity (Wildman–Crippen MR) is 90.0 cm³/mol. The quantitative estimate of drug-likeness (QED) is 0.532. The molecule has 0 aliphatic carbocycles. The molecule has 1 heterocycles. The average Bonchev–Trinajstić information content (AvgIpc) is 2.95. The van der Waals surface area contributed by atoms with Crippen LogP contribution >= 0.6 is 11.3 Å². The van der Waals surface area contributed by atoms with Crippen molar-refractivity contribution in [3.05, 3.63) is 22.4 Å². The zero-order valence-electron chi connectivity index (χ0n) is 13.3. The van der Waals surface area contributed by atoms with E-state index in [0.717, 1.165) is 12.5 Å². The summed E-state index contributed by atoms with van der Waals surface area (Å²) in [5.74, 6) is 1.22. The van der Waals surface area contributed by atoms with Crippen LogP contribution in [0.25, 0.3) is 0 Å². The van der Waals surface area contributed by atoms with E-state index in [9.17, 15) is 4.79 Å². The number of aliphatic imine (C=N–C) groups is 1. The fourth-order valence-corrected chi connectivity index (χ4v) is 2.61.